The molecule has 0 saturated heterocycles. The van der Waals surface area contributed by atoms with Crippen molar-refractivity contribution >= 4 is 27.3 Å². The van der Waals surface area contributed by atoms with E-state index in [1.807, 2.05) is 12.1 Å². The number of carbonyl (C=O) groups is 1. The molecule has 1 amide bonds. The fourth-order valence-electron chi connectivity index (χ4n) is 3.31. The Kier molecular flexibility index (Phi) is 5.12. The minimum atomic E-state index is -3.75. The summed E-state index contributed by atoms with van der Waals surface area (Å²) in [7, 11) is -3.75. The van der Waals surface area contributed by atoms with Gasteiger partial charge in [0.1, 0.15) is 0 Å². The molecule has 0 spiro atoms. The van der Waals surface area contributed by atoms with Crippen molar-refractivity contribution in [2.45, 2.75) is 18.0 Å². The zero-order chi connectivity index (χ0) is 21.1. The van der Waals surface area contributed by atoms with Gasteiger partial charge in [-0.3, -0.25) is 9.52 Å². The summed E-state index contributed by atoms with van der Waals surface area (Å²) in [5.74, 6) is -0.348. The van der Waals surface area contributed by atoms with Crippen molar-refractivity contribution in [1.82, 2.24) is 4.90 Å². The first-order chi connectivity index (χ1) is 14.5. The number of benzene rings is 3. The topological polar surface area (TPSA) is 102 Å². The second-order valence-corrected chi connectivity index (χ2v) is 8.53. The number of carbonyl (C=O) groups excluding carboxylic acids is 1. The number of sulfonamides is 1. The van der Waals surface area contributed by atoms with Gasteiger partial charge in [0.25, 0.3) is 15.9 Å². The molecule has 0 fully saturated rings. The summed E-state index contributed by atoms with van der Waals surface area (Å²) in [5, 5.41) is 12.0. The lowest BCUT2D eigenvalue weighted by atomic mass is 10.1. The number of rotatable bonds is 5. The molecule has 1 aliphatic rings. The molecule has 3 aromatic rings. The van der Waals surface area contributed by atoms with E-state index in [9.17, 15) is 13.2 Å². The number of hydrogen-bond donors (Lipinski definition) is 2. The van der Waals surface area contributed by atoms with Crippen LogP contribution in [0.15, 0.2) is 77.7 Å². The molecule has 30 heavy (non-hydrogen) atoms. The third-order valence-corrected chi connectivity index (χ3v) is 6.22. The van der Waals surface area contributed by atoms with Crippen molar-refractivity contribution in [3.05, 3.63) is 89.5 Å². The van der Waals surface area contributed by atoms with Crippen LogP contribution in [0.1, 0.15) is 21.5 Å². The van der Waals surface area contributed by atoms with E-state index < -0.39 is 10.0 Å². The summed E-state index contributed by atoms with van der Waals surface area (Å²) >= 11 is 0. The summed E-state index contributed by atoms with van der Waals surface area (Å²) < 4.78 is 27.5. The summed E-state index contributed by atoms with van der Waals surface area (Å²) in [6.45, 7) is 0.973. The molecule has 0 aliphatic carbocycles. The predicted molar refractivity (Wildman–Crippen MR) is 113 cm³/mol. The molecule has 1 aliphatic heterocycles. The maximum absolute atomic E-state index is 12.7. The minimum Gasteiger partial charge on any atom is -0.322 e. The van der Waals surface area contributed by atoms with Crippen LogP contribution in [-0.4, -0.2) is 19.2 Å². The Bertz CT molecular complexity index is 1230. The molecule has 8 heteroatoms. The highest BCUT2D eigenvalue weighted by Crippen LogP contribution is 2.29. The Labute approximate surface area is 174 Å². The lowest BCUT2D eigenvalue weighted by Gasteiger charge is -2.11. The van der Waals surface area contributed by atoms with Gasteiger partial charge in [0.15, 0.2) is 6.19 Å². The number of anilines is 2. The highest BCUT2D eigenvalue weighted by Gasteiger charge is 2.22. The van der Waals surface area contributed by atoms with Gasteiger partial charge >= 0.3 is 0 Å². The second-order valence-electron chi connectivity index (χ2n) is 6.85. The van der Waals surface area contributed by atoms with Crippen LogP contribution in [0.3, 0.4) is 0 Å². The quantitative estimate of drug-likeness (QED) is 0.617. The Hall–Kier alpha value is -3.83. The van der Waals surface area contributed by atoms with E-state index in [2.05, 4.69) is 16.2 Å². The van der Waals surface area contributed by atoms with Gasteiger partial charge in [-0.25, -0.2) is 8.42 Å². The minimum absolute atomic E-state index is 0.0631. The molecule has 0 unspecified atom stereocenters. The Morgan fingerprint density at radius 2 is 1.67 bits per heavy atom. The average Bonchev–Trinajstić information content (AvgIpc) is 3.19. The van der Waals surface area contributed by atoms with Gasteiger partial charge in [0.2, 0.25) is 0 Å². The van der Waals surface area contributed by atoms with Gasteiger partial charge in [-0.2, -0.15) is 5.26 Å². The van der Waals surface area contributed by atoms with Crippen LogP contribution >= 0.6 is 0 Å². The van der Waals surface area contributed by atoms with Crippen LogP contribution in [0.5, 0.6) is 0 Å². The molecule has 1 heterocycles. The summed E-state index contributed by atoms with van der Waals surface area (Å²) in [6.07, 6.45) is 2.12. The van der Waals surface area contributed by atoms with E-state index in [1.165, 1.54) is 24.3 Å². The molecular formula is C22H18N4O3S. The fraction of sp³-hybridized carbons (Fsp3) is 0.0909. The lowest BCUT2D eigenvalue weighted by Crippen LogP contribution is -2.15. The summed E-state index contributed by atoms with van der Waals surface area (Å²) in [4.78, 5) is 14.3. The van der Waals surface area contributed by atoms with Crippen LogP contribution in [0.25, 0.3) is 0 Å². The molecule has 0 saturated carbocycles. The highest BCUT2D eigenvalue weighted by atomic mass is 32.2. The van der Waals surface area contributed by atoms with Gasteiger partial charge in [0.05, 0.1) is 18.0 Å². The van der Waals surface area contributed by atoms with Crippen molar-refractivity contribution in [3.63, 3.8) is 0 Å². The molecule has 0 aromatic heterocycles. The molecule has 2 N–H and O–H groups in total. The SMILES string of the molecule is N#CN1Cc2cccc(NC(=O)c3ccc(S(=O)(=O)Nc4ccccc4)cc3)c2C1. The van der Waals surface area contributed by atoms with E-state index in [0.29, 0.717) is 30.0 Å². The smallest absolute Gasteiger partial charge is 0.261 e. The van der Waals surface area contributed by atoms with Crippen molar-refractivity contribution < 1.29 is 13.2 Å². The fourth-order valence-corrected chi connectivity index (χ4v) is 4.37. The first-order valence-electron chi connectivity index (χ1n) is 9.21. The average molecular weight is 418 g/mol. The third-order valence-electron chi connectivity index (χ3n) is 4.83. The Balaban J connectivity index is 1.50. The van der Waals surface area contributed by atoms with Gasteiger partial charge < -0.3 is 10.2 Å². The van der Waals surface area contributed by atoms with Crippen molar-refractivity contribution in [2.24, 2.45) is 0 Å². The number of nitrogens with zero attached hydrogens (tertiary/aromatic N) is 2. The second kappa shape index (κ2) is 7.89. The van der Waals surface area contributed by atoms with Gasteiger partial charge in [0, 0.05) is 22.5 Å². The first kappa shape index (κ1) is 19.5. The van der Waals surface area contributed by atoms with E-state index >= 15 is 0 Å². The largest absolute Gasteiger partial charge is 0.322 e. The van der Waals surface area contributed by atoms with Gasteiger partial charge in [-0.15, -0.1) is 0 Å². The molecule has 7 nitrogen and oxygen atoms in total. The van der Waals surface area contributed by atoms with E-state index in [0.717, 1.165) is 11.1 Å². The molecular weight excluding hydrogens is 400 g/mol. The molecule has 0 radical (unpaired) electrons. The van der Waals surface area contributed by atoms with E-state index in [4.69, 9.17) is 5.26 Å². The zero-order valence-electron chi connectivity index (χ0n) is 15.9. The number of nitriles is 1. The summed E-state index contributed by atoms with van der Waals surface area (Å²) in [6, 6.07) is 19.9. The van der Waals surface area contributed by atoms with Crippen molar-refractivity contribution in [2.75, 3.05) is 10.0 Å². The number of nitrogens with one attached hydrogen (secondary N) is 2. The van der Waals surface area contributed by atoms with Crippen LogP contribution in [0, 0.1) is 11.5 Å². The van der Waals surface area contributed by atoms with Crippen molar-refractivity contribution in [3.8, 4) is 6.19 Å². The Morgan fingerprint density at radius 1 is 0.933 bits per heavy atom. The van der Waals surface area contributed by atoms with Crippen LogP contribution in [-0.2, 0) is 23.1 Å². The molecule has 0 bridgehead atoms. The third kappa shape index (κ3) is 3.97. The maximum Gasteiger partial charge on any atom is 0.261 e. The number of hydrogen-bond acceptors (Lipinski definition) is 5. The molecule has 4 rings (SSSR count). The molecule has 150 valence electrons. The first-order valence-corrected chi connectivity index (χ1v) is 10.7. The van der Waals surface area contributed by atoms with Crippen LogP contribution in [0.2, 0.25) is 0 Å². The number of para-hydroxylation sites is 1. The monoisotopic (exact) mass is 418 g/mol. The standard InChI is InChI=1S/C22H18N4O3S/c23-15-26-13-17-5-4-8-21(20(17)14-26)24-22(27)16-9-11-19(12-10-16)30(28,29)25-18-6-2-1-3-7-18/h1-12,25H,13-14H2,(H,24,27). The Morgan fingerprint density at radius 3 is 2.37 bits per heavy atom. The number of amides is 1. The van der Waals surface area contributed by atoms with Crippen LogP contribution in [0.4, 0.5) is 11.4 Å². The van der Waals surface area contributed by atoms with Gasteiger partial charge in [-0.05, 0) is 48.0 Å². The molecule has 0 atom stereocenters. The van der Waals surface area contributed by atoms with E-state index in [1.54, 1.807) is 41.3 Å². The van der Waals surface area contributed by atoms with Gasteiger partial charge in [-0.1, -0.05) is 30.3 Å². The molecule has 3 aromatic carbocycles. The predicted octanol–water partition coefficient (Wildman–Crippen LogP) is 3.54. The van der Waals surface area contributed by atoms with E-state index in [-0.39, 0.29) is 10.8 Å². The van der Waals surface area contributed by atoms with Crippen LogP contribution < -0.4 is 10.0 Å². The summed E-state index contributed by atoms with van der Waals surface area (Å²) in [5.41, 5.74) is 3.36. The number of fused-ring (bicyclic) bond motifs is 1. The normalized spacial score (nSPS) is 12.7. The highest BCUT2D eigenvalue weighted by molar-refractivity contribution is 7.92. The van der Waals surface area contributed by atoms with Crippen molar-refractivity contribution in [1.29, 1.82) is 5.26 Å². The lowest BCUT2D eigenvalue weighted by molar-refractivity contribution is 0.102. The maximum atomic E-state index is 12.7. The zero-order valence-corrected chi connectivity index (χ0v) is 16.7.